The lowest BCUT2D eigenvalue weighted by molar-refractivity contribution is 0.622. The van der Waals surface area contributed by atoms with Gasteiger partial charge in [0.05, 0.1) is 17.2 Å². The van der Waals surface area contributed by atoms with Crippen LogP contribution in [0.1, 0.15) is 19.9 Å². The van der Waals surface area contributed by atoms with E-state index in [1.807, 2.05) is 12.3 Å². The molecule has 0 bridgehead atoms. The molecule has 0 saturated heterocycles. The number of aromatic nitrogens is 2. The molecule has 0 aliphatic heterocycles. The van der Waals surface area contributed by atoms with Crippen molar-refractivity contribution < 1.29 is 0 Å². The molecule has 80 valence electrons. The van der Waals surface area contributed by atoms with Crippen molar-refractivity contribution in [1.82, 2.24) is 9.55 Å². The minimum absolute atomic E-state index is 0.473. The maximum atomic E-state index is 4.50. The lowest BCUT2D eigenvalue weighted by atomic mass is 10.1. The van der Waals surface area contributed by atoms with Gasteiger partial charge in [-0.1, -0.05) is 18.2 Å². The fourth-order valence-corrected chi connectivity index (χ4v) is 2.22. The van der Waals surface area contributed by atoms with Crippen LogP contribution in [0.15, 0.2) is 42.7 Å². The van der Waals surface area contributed by atoms with Gasteiger partial charge in [0, 0.05) is 23.0 Å². The number of rotatable bonds is 1. The maximum Gasteiger partial charge on any atom is 0.0709 e. The van der Waals surface area contributed by atoms with Gasteiger partial charge in [-0.05, 0) is 26.0 Å². The Morgan fingerprint density at radius 1 is 1.06 bits per heavy atom. The second kappa shape index (κ2) is 3.34. The monoisotopic (exact) mass is 210 g/mol. The summed E-state index contributed by atoms with van der Waals surface area (Å²) in [5, 5.41) is 2.53. The molecule has 2 aromatic heterocycles. The van der Waals surface area contributed by atoms with Crippen LogP contribution >= 0.6 is 0 Å². The first-order valence-corrected chi connectivity index (χ1v) is 5.61. The lowest BCUT2D eigenvalue weighted by Crippen LogP contribution is -1.98. The van der Waals surface area contributed by atoms with Crippen molar-refractivity contribution in [2.45, 2.75) is 19.9 Å². The van der Waals surface area contributed by atoms with Gasteiger partial charge in [0.15, 0.2) is 0 Å². The number of benzene rings is 1. The first-order valence-electron chi connectivity index (χ1n) is 5.61. The molecule has 0 aliphatic rings. The third-order valence-electron chi connectivity index (χ3n) is 3.03. The molecule has 0 spiro atoms. The van der Waals surface area contributed by atoms with Crippen molar-refractivity contribution in [3.05, 3.63) is 42.7 Å². The molecule has 2 nitrogen and oxygen atoms in total. The van der Waals surface area contributed by atoms with E-state index in [9.17, 15) is 0 Å². The molecule has 0 saturated carbocycles. The van der Waals surface area contributed by atoms with Crippen molar-refractivity contribution in [1.29, 1.82) is 0 Å². The molecule has 16 heavy (non-hydrogen) atoms. The first-order chi connectivity index (χ1) is 7.77. The summed E-state index contributed by atoms with van der Waals surface area (Å²) in [5.74, 6) is 0. The summed E-state index contributed by atoms with van der Waals surface area (Å²) in [4.78, 5) is 4.50. The molecule has 3 rings (SSSR count). The number of fused-ring (bicyclic) bond motifs is 3. The molecular formula is C14H14N2. The Hall–Kier alpha value is -1.83. The van der Waals surface area contributed by atoms with E-state index in [-0.39, 0.29) is 0 Å². The molecule has 1 aromatic carbocycles. The zero-order chi connectivity index (χ0) is 11.1. The number of pyridine rings is 1. The minimum atomic E-state index is 0.473. The average Bonchev–Trinajstić information content (AvgIpc) is 2.73. The molecule has 3 aromatic rings. The van der Waals surface area contributed by atoms with Crippen molar-refractivity contribution in [2.75, 3.05) is 0 Å². The number of hydrogen-bond acceptors (Lipinski definition) is 1. The molecule has 0 N–H and O–H groups in total. The summed E-state index contributed by atoms with van der Waals surface area (Å²) in [6.45, 7) is 4.38. The van der Waals surface area contributed by atoms with Gasteiger partial charge in [-0.15, -0.1) is 0 Å². The normalized spacial score (nSPS) is 11.7. The van der Waals surface area contributed by atoms with E-state index in [1.165, 1.54) is 16.3 Å². The van der Waals surface area contributed by atoms with Crippen LogP contribution < -0.4 is 0 Å². The summed E-state index contributed by atoms with van der Waals surface area (Å²) in [6, 6.07) is 10.9. The van der Waals surface area contributed by atoms with E-state index in [4.69, 9.17) is 0 Å². The van der Waals surface area contributed by atoms with Crippen LogP contribution in [0, 0.1) is 0 Å². The number of para-hydroxylation sites is 1. The van der Waals surface area contributed by atoms with Crippen LogP contribution in [0.2, 0.25) is 0 Å². The molecule has 0 radical (unpaired) electrons. The molecule has 0 aliphatic carbocycles. The highest BCUT2D eigenvalue weighted by Crippen LogP contribution is 2.26. The zero-order valence-corrected chi connectivity index (χ0v) is 9.51. The summed E-state index contributed by atoms with van der Waals surface area (Å²) in [5.41, 5.74) is 2.28. The van der Waals surface area contributed by atoms with Gasteiger partial charge >= 0.3 is 0 Å². The second-order valence-electron chi connectivity index (χ2n) is 4.39. The van der Waals surface area contributed by atoms with E-state index in [0.29, 0.717) is 6.04 Å². The summed E-state index contributed by atoms with van der Waals surface area (Å²) < 4.78 is 2.26. The van der Waals surface area contributed by atoms with Crippen molar-refractivity contribution in [3.63, 3.8) is 0 Å². The van der Waals surface area contributed by atoms with E-state index in [2.05, 4.69) is 53.9 Å². The second-order valence-corrected chi connectivity index (χ2v) is 4.39. The Balaban J connectivity index is 2.45. The predicted molar refractivity (Wildman–Crippen MR) is 67.6 cm³/mol. The molecule has 2 heteroatoms. The van der Waals surface area contributed by atoms with Gasteiger partial charge in [-0.3, -0.25) is 4.98 Å². The average molecular weight is 210 g/mol. The number of nitrogens with zero attached hydrogens (tertiary/aromatic N) is 2. The molecule has 2 heterocycles. The van der Waals surface area contributed by atoms with Crippen LogP contribution in [0.3, 0.4) is 0 Å². The highest BCUT2D eigenvalue weighted by Gasteiger charge is 2.07. The van der Waals surface area contributed by atoms with E-state index >= 15 is 0 Å². The van der Waals surface area contributed by atoms with E-state index in [1.54, 1.807) is 0 Å². The lowest BCUT2D eigenvalue weighted by Gasteiger charge is -2.09. The van der Waals surface area contributed by atoms with Crippen LogP contribution in [-0.4, -0.2) is 9.55 Å². The predicted octanol–water partition coefficient (Wildman–Crippen LogP) is 3.77. The fraction of sp³-hybridized carbons (Fsp3) is 0.214. The van der Waals surface area contributed by atoms with Gasteiger partial charge < -0.3 is 4.57 Å². The van der Waals surface area contributed by atoms with Crippen molar-refractivity contribution >= 4 is 21.8 Å². The molecule has 0 amide bonds. The highest BCUT2D eigenvalue weighted by atomic mass is 15.0. The minimum Gasteiger partial charge on any atom is -0.344 e. The van der Waals surface area contributed by atoms with Gasteiger partial charge in [-0.25, -0.2) is 0 Å². The Bertz CT molecular complexity index is 650. The maximum absolute atomic E-state index is 4.50. The quantitative estimate of drug-likeness (QED) is 0.597. The molecule has 0 atom stereocenters. The topological polar surface area (TPSA) is 17.8 Å². The van der Waals surface area contributed by atoms with Gasteiger partial charge in [0.25, 0.3) is 0 Å². The van der Waals surface area contributed by atoms with Crippen molar-refractivity contribution in [2.24, 2.45) is 0 Å². The smallest absolute Gasteiger partial charge is 0.0709 e. The fourth-order valence-electron chi connectivity index (χ4n) is 2.22. The molecule has 0 fully saturated rings. The first kappa shape index (κ1) is 9.40. The van der Waals surface area contributed by atoms with Crippen LogP contribution in [0.25, 0.3) is 21.8 Å². The summed E-state index contributed by atoms with van der Waals surface area (Å²) >= 11 is 0. The van der Waals surface area contributed by atoms with E-state index in [0.717, 1.165) is 5.52 Å². The zero-order valence-electron chi connectivity index (χ0n) is 9.51. The van der Waals surface area contributed by atoms with Gasteiger partial charge in [-0.2, -0.15) is 0 Å². The van der Waals surface area contributed by atoms with E-state index < -0.39 is 0 Å². The number of hydrogen-bond donors (Lipinski definition) is 0. The Kier molecular flexibility index (Phi) is 1.96. The Labute approximate surface area is 94.5 Å². The third-order valence-corrected chi connectivity index (χ3v) is 3.03. The highest BCUT2D eigenvalue weighted by molar-refractivity contribution is 6.04. The van der Waals surface area contributed by atoms with Crippen LogP contribution in [0.4, 0.5) is 0 Å². The van der Waals surface area contributed by atoms with Crippen molar-refractivity contribution in [3.8, 4) is 0 Å². The van der Waals surface area contributed by atoms with Crippen LogP contribution in [0.5, 0.6) is 0 Å². The standard InChI is InChI=1S/C14H14N2/c1-10(2)16-8-7-12-11-5-3-4-6-13(11)15-9-14(12)16/h3-10H,1-2H3. The summed E-state index contributed by atoms with van der Waals surface area (Å²) in [7, 11) is 0. The SMILES string of the molecule is CC(C)n1ccc2c3ccccc3ncc21. The van der Waals surface area contributed by atoms with Gasteiger partial charge in [0.2, 0.25) is 0 Å². The van der Waals surface area contributed by atoms with Gasteiger partial charge in [0.1, 0.15) is 0 Å². The summed E-state index contributed by atoms with van der Waals surface area (Å²) in [6.07, 6.45) is 4.11. The largest absolute Gasteiger partial charge is 0.344 e. The van der Waals surface area contributed by atoms with Crippen LogP contribution in [-0.2, 0) is 0 Å². The molecular weight excluding hydrogens is 196 g/mol. The Morgan fingerprint density at radius 3 is 2.69 bits per heavy atom. The Morgan fingerprint density at radius 2 is 1.88 bits per heavy atom. The third kappa shape index (κ3) is 1.23. The molecule has 0 unspecified atom stereocenters.